The second kappa shape index (κ2) is 3.72. The fourth-order valence-electron chi connectivity index (χ4n) is 0.931. The number of hydrogen-bond acceptors (Lipinski definition) is 3. The van der Waals surface area contributed by atoms with Crippen molar-refractivity contribution in [3.63, 3.8) is 0 Å². The van der Waals surface area contributed by atoms with Crippen LogP contribution in [0, 0.1) is 0 Å². The van der Waals surface area contributed by atoms with Crippen molar-refractivity contribution >= 4 is 33.6 Å². The van der Waals surface area contributed by atoms with E-state index < -0.39 is 0 Å². The Kier molecular flexibility index (Phi) is 2.42. The van der Waals surface area contributed by atoms with Gasteiger partial charge in [-0.15, -0.1) is 22.7 Å². The third-order valence-electron chi connectivity index (χ3n) is 1.50. The molecule has 0 fully saturated rings. The van der Waals surface area contributed by atoms with Crippen LogP contribution in [0.3, 0.4) is 0 Å². The lowest BCUT2D eigenvalue weighted by atomic mass is 10.4. The van der Waals surface area contributed by atoms with Gasteiger partial charge in [-0.1, -0.05) is 6.07 Å². The molecule has 13 heavy (non-hydrogen) atoms. The van der Waals surface area contributed by atoms with E-state index in [1.165, 1.54) is 22.7 Å². The minimum absolute atomic E-state index is 0.0301. The number of hydrogen-bond donors (Lipinski definition) is 1. The number of nitrogens with one attached hydrogen (secondary N) is 1. The lowest BCUT2D eigenvalue weighted by Crippen LogP contribution is -2.08. The Morgan fingerprint density at radius 1 is 1.15 bits per heavy atom. The van der Waals surface area contributed by atoms with Gasteiger partial charge in [-0.2, -0.15) is 0 Å². The summed E-state index contributed by atoms with van der Waals surface area (Å²) in [5.74, 6) is -0.0301. The fraction of sp³-hybridized carbons (Fsp3) is 0. The molecule has 2 nitrogen and oxygen atoms in total. The van der Waals surface area contributed by atoms with Crippen molar-refractivity contribution in [2.75, 3.05) is 5.32 Å². The first-order valence-corrected chi connectivity index (χ1v) is 5.50. The molecule has 1 N–H and O–H groups in total. The SMILES string of the molecule is O=C(Nc1cccs1)c1cccs1. The van der Waals surface area contributed by atoms with Crippen molar-refractivity contribution in [1.29, 1.82) is 0 Å². The van der Waals surface area contributed by atoms with E-state index in [1.54, 1.807) is 0 Å². The summed E-state index contributed by atoms with van der Waals surface area (Å²) in [5, 5.41) is 7.53. The first kappa shape index (κ1) is 8.47. The zero-order valence-electron chi connectivity index (χ0n) is 6.69. The van der Waals surface area contributed by atoms with E-state index in [2.05, 4.69) is 5.32 Å². The highest BCUT2D eigenvalue weighted by molar-refractivity contribution is 7.14. The van der Waals surface area contributed by atoms with Gasteiger partial charge in [0.05, 0.1) is 9.88 Å². The van der Waals surface area contributed by atoms with Crippen LogP contribution in [0.25, 0.3) is 0 Å². The Labute approximate surface area is 83.8 Å². The molecule has 2 rings (SSSR count). The van der Waals surface area contributed by atoms with Crippen LogP contribution in [0.1, 0.15) is 9.67 Å². The van der Waals surface area contributed by atoms with E-state index >= 15 is 0 Å². The predicted molar refractivity (Wildman–Crippen MR) is 56.6 cm³/mol. The summed E-state index contributed by atoms with van der Waals surface area (Å²) >= 11 is 2.97. The molecule has 0 radical (unpaired) electrons. The fourth-order valence-corrected chi connectivity index (χ4v) is 2.16. The normalized spacial score (nSPS) is 9.85. The number of thiophene rings is 2. The molecule has 0 aliphatic heterocycles. The third-order valence-corrected chi connectivity index (χ3v) is 3.16. The molecule has 0 spiro atoms. The highest BCUT2D eigenvalue weighted by Crippen LogP contribution is 2.17. The molecule has 0 atom stereocenters. The zero-order valence-corrected chi connectivity index (χ0v) is 8.32. The minimum atomic E-state index is -0.0301. The van der Waals surface area contributed by atoms with Crippen LogP contribution >= 0.6 is 22.7 Å². The summed E-state index contributed by atoms with van der Waals surface area (Å²) in [5.41, 5.74) is 0. The van der Waals surface area contributed by atoms with Gasteiger partial charge >= 0.3 is 0 Å². The van der Waals surface area contributed by atoms with Gasteiger partial charge in [-0.05, 0) is 29.0 Å². The average molecular weight is 209 g/mol. The summed E-state index contributed by atoms with van der Waals surface area (Å²) in [4.78, 5) is 12.2. The van der Waals surface area contributed by atoms with Crippen molar-refractivity contribution in [3.05, 3.63) is 39.9 Å². The molecule has 0 aliphatic rings. The van der Waals surface area contributed by atoms with Crippen LogP contribution in [-0.2, 0) is 0 Å². The number of amides is 1. The molecule has 2 aromatic rings. The van der Waals surface area contributed by atoms with Gasteiger partial charge in [-0.25, -0.2) is 0 Å². The monoisotopic (exact) mass is 209 g/mol. The van der Waals surface area contributed by atoms with Crippen LogP contribution in [0.5, 0.6) is 0 Å². The van der Waals surface area contributed by atoms with Gasteiger partial charge in [0.1, 0.15) is 0 Å². The molecule has 0 saturated heterocycles. The average Bonchev–Trinajstić information content (AvgIpc) is 2.74. The van der Waals surface area contributed by atoms with Crippen molar-refractivity contribution in [3.8, 4) is 0 Å². The Morgan fingerprint density at radius 2 is 1.92 bits per heavy atom. The van der Waals surface area contributed by atoms with Gasteiger partial charge in [0.25, 0.3) is 5.91 Å². The molecular formula is C9H7NOS2. The molecule has 66 valence electrons. The van der Waals surface area contributed by atoms with E-state index in [9.17, 15) is 4.79 Å². The van der Waals surface area contributed by atoms with Crippen molar-refractivity contribution in [2.45, 2.75) is 0 Å². The first-order chi connectivity index (χ1) is 6.36. The Bertz CT molecular complexity index is 378. The minimum Gasteiger partial charge on any atom is -0.313 e. The maximum Gasteiger partial charge on any atom is 0.266 e. The first-order valence-electron chi connectivity index (χ1n) is 3.74. The zero-order chi connectivity index (χ0) is 9.10. The quantitative estimate of drug-likeness (QED) is 0.809. The van der Waals surface area contributed by atoms with Crippen LogP contribution < -0.4 is 5.32 Å². The molecule has 4 heteroatoms. The van der Waals surface area contributed by atoms with E-state index in [0.717, 1.165) is 9.88 Å². The molecule has 2 heterocycles. The predicted octanol–water partition coefficient (Wildman–Crippen LogP) is 3.06. The van der Waals surface area contributed by atoms with Gasteiger partial charge in [0.2, 0.25) is 0 Å². The molecule has 0 aromatic carbocycles. The molecule has 2 aromatic heterocycles. The van der Waals surface area contributed by atoms with Crippen LogP contribution in [0.4, 0.5) is 5.00 Å². The lowest BCUT2D eigenvalue weighted by Gasteiger charge is -1.97. The second-order valence-corrected chi connectivity index (χ2v) is 4.30. The van der Waals surface area contributed by atoms with E-state index in [-0.39, 0.29) is 5.91 Å². The summed E-state index contributed by atoms with van der Waals surface area (Å²) in [7, 11) is 0. The summed E-state index contributed by atoms with van der Waals surface area (Å²) in [6.07, 6.45) is 0. The number of carbonyl (C=O) groups excluding carboxylic acids is 1. The highest BCUT2D eigenvalue weighted by Gasteiger charge is 2.06. The Balaban J connectivity index is 2.08. The molecule has 0 bridgehead atoms. The van der Waals surface area contributed by atoms with Crippen molar-refractivity contribution in [1.82, 2.24) is 0 Å². The van der Waals surface area contributed by atoms with Crippen molar-refractivity contribution < 1.29 is 4.79 Å². The largest absolute Gasteiger partial charge is 0.313 e. The Morgan fingerprint density at radius 3 is 2.54 bits per heavy atom. The summed E-state index contributed by atoms with van der Waals surface area (Å²) in [6.45, 7) is 0. The van der Waals surface area contributed by atoms with Gasteiger partial charge in [-0.3, -0.25) is 4.79 Å². The maximum atomic E-state index is 11.5. The third kappa shape index (κ3) is 1.96. The van der Waals surface area contributed by atoms with Gasteiger partial charge in [0.15, 0.2) is 0 Å². The number of carbonyl (C=O) groups is 1. The van der Waals surface area contributed by atoms with E-state index in [1.807, 2.05) is 35.0 Å². The molecular weight excluding hydrogens is 202 g/mol. The second-order valence-electron chi connectivity index (χ2n) is 2.41. The molecule has 0 aliphatic carbocycles. The van der Waals surface area contributed by atoms with Crippen LogP contribution in [0.2, 0.25) is 0 Å². The highest BCUT2D eigenvalue weighted by atomic mass is 32.1. The summed E-state index contributed by atoms with van der Waals surface area (Å²) in [6, 6.07) is 7.48. The lowest BCUT2D eigenvalue weighted by molar-refractivity contribution is 0.103. The van der Waals surface area contributed by atoms with Crippen LogP contribution in [-0.4, -0.2) is 5.91 Å². The Hall–Kier alpha value is -1.13. The van der Waals surface area contributed by atoms with Gasteiger partial charge in [0, 0.05) is 0 Å². The molecule has 0 unspecified atom stereocenters. The number of anilines is 1. The smallest absolute Gasteiger partial charge is 0.266 e. The maximum absolute atomic E-state index is 11.5. The van der Waals surface area contributed by atoms with Gasteiger partial charge < -0.3 is 5.32 Å². The topological polar surface area (TPSA) is 29.1 Å². The summed E-state index contributed by atoms with van der Waals surface area (Å²) < 4.78 is 0. The van der Waals surface area contributed by atoms with E-state index in [0.29, 0.717) is 0 Å². The van der Waals surface area contributed by atoms with Crippen molar-refractivity contribution in [2.24, 2.45) is 0 Å². The standard InChI is InChI=1S/C9H7NOS2/c11-9(7-3-1-5-12-7)10-8-4-2-6-13-8/h1-6H,(H,10,11). The molecule has 1 amide bonds. The molecule has 0 saturated carbocycles. The van der Waals surface area contributed by atoms with Crippen LogP contribution in [0.15, 0.2) is 35.0 Å². The number of rotatable bonds is 2. The van der Waals surface area contributed by atoms with E-state index in [4.69, 9.17) is 0 Å².